The van der Waals surface area contributed by atoms with Crippen LogP contribution >= 0.6 is 0 Å². The standard InChI is InChI=1S/C25H36N2O4/c1-25(2,3)31-24(29)27-14-13-26(18-22(27)12-15-28)17-21-10-7-11-23(16-21)30-19-20-8-5-4-6-9-20/h4-6,8-10,16,22,28H,7,11-15,17-19H2,1-3H3. The molecule has 0 spiro atoms. The lowest BCUT2D eigenvalue weighted by molar-refractivity contribution is -0.00383. The molecule has 1 unspecified atom stereocenters. The van der Waals surface area contributed by atoms with Crippen molar-refractivity contribution >= 4 is 6.09 Å². The van der Waals surface area contributed by atoms with E-state index in [0.29, 0.717) is 19.6 Å². The summed E-state index contributed by atoms with van der Waals surface area (Å²) in [6, 6.07) is 10.2. The Morgan fingerprint density at radius 2 is 1.97 bits per heavy atom. The van der Waals surface area contributed by atoms with Gasteiger partial charge >= 0.3 is 6.09 Å². The van der Waals surface area contributed by atoms with Crippen LogP contribution in [0.1, 0.15) is 45.6 Å². The van der Waals surface area contributed by atoms with E-state index in [1.165, 1.54) is 11.1 Å². The number of allylic oxidation sites excluding steroid dienone is 2. The van der Waals surface area contributed by atoms with Crippen molar-refractivity contribution in [3.63, 3.8) is 0 Å². The van der Waals surface area contributed by atoms with Crippen molar-refractivity contribution in [3.8, 4) is 0 Å². The van der Waals surface area contributed by atoms with Crippen molar-refractivity contribution < 1.29 is 19.4 Å². The van der Waals surface area contributed by atoms with Crippen LogP contribution in [0.4, 0.5) is 4.79 Å². The van der Waals surface area contributed by atoms with E-state index >= 15 is 0 Å². The second-order valence-corrected chi connectivity index (χ2v) is 9.28. The molecular formula is C25H36N2O4. The number of aliphatic hydroxyl groups excluding tert-OH is 1. The van der Waals surface area contributed by atoms with E-state index in [0.717, 1.165) is 38.2 Å². The van der Waals surface area contributed by atoms with Gasteiger partial charge in [-0.15, -0.1) is 0 Å². The van der Waals surface area contributed by atoms with E-state index in [4.69, 9.17) is 9.47 Å². The summed E-state index contributed by atoms with van der Waals surface area (Å²) < 4.78 is 11.6. The average Bonchev–Trinajstić information content (AvgIpc) is 2.72. The number of aliphatic hydroxyl groups is 1. The topological polar surface area (TPSA) is 62.2 Å². The Bertz CT molecular complexity index is 782. The maximum Gasteiger partial charge on any atom is 0.410 e. The van der Waals surface area contributed by atoms with Gasteiger partial charge in [0.15, 0.2) is 0 Å². The molecule has 170 valence electrons. The fourth-order valence-corrected chi connectivity index (χ4v) is 3.99. The molecule has 1 aliphatic carbocycles. The second-order valence-electron chi connectivity index (χ2n) is 9.28. The van der Waals surface area contributed by atoms with Crippen molar-refractivity contribution in [3.05, 3.63) is 59.4 Å². The van der Waals surface area contributed by atoms with Crippen LogP contribution in [-0.2, 0) is 16.1 Å². The fourth-order valence-electron chi connectivity index (χ4n) is 3.99. The van der Waals surface area contributed by atoms with E-state index in [2.05, 4.69) is 29.2 Å². The third-order valence-electron chi connectivity index (χ3n) is 5.47. The number of benzene rings is 1. The monoisotopic (exact) mass is 428 g/mol. The third-order valence-corrected chi connectivity index (χ3v) is 5.47. The maximum atomic E-state index is 12.6. The van der Waals surface area contributed by atoms with Gasteiger partial charge in [0.25, 0.3) is 0 Å². The minimum atomic E-state index is -0.522. The highest BCUT2D eigenvalue weighted by molar-refractivity contribution is 5.68. The molecule has 1 amide bonds. The molecule has 1 aliphatic heterocycles. The molecule has 1 atom stereocenters. The minimum Gasteiger partial charge on any atom is -0.493 e. The second kappa shape index (κ2) is 10.8. The Kier molecular flexibility index (Phi) is 8.15. The molecular weight excluding hydrogens is 392 g/mol. The zero-order valence-electron chi connectivity index (χ0n) is 19.0. The SMILES string of the molecule is CC(C)(C)OC(=O)N1CCN(CC2=CCCC(OCc3ccccc3)=C2)CC1CCO. The highest BCUT2D eigenvalue weighted by Gasteiger charge is 2.33. The van der Waals surface area contributed by atoms with Crippen LogP contribution in [-0.4, -0.2) is 65.4 Å². The van der Waals surface area contributed by atoms with E-state index in [9.17, 15) is 9.90 Å². The molecule has 6 heteroatoms. The first-order chi connectivity index (χ1) is 14.8. The van der Waals surface area contributed by atoms with Gasteiger partial charge in [0.05, 0.1) is 5.76 Å². The molecule has 1 aromatic rings. The van der Waals surface area contributed by atoms with Crippen molar-refractivity contribution in [1.29, 1.82) is 0 Å². The van der Waals surface area contributed by atoms with Crippen LogP contribution in [0.15, 0.2) is 53.8 Å². The van der Waals surface area contributed by atoms with Crippen LogP contribution in [0.25, 0.3) is 0 Å². The number of hydrogen-bond acceptors (Lipinski definition) is 5. The summed E-state index contributed by atoms with van der Waals surface area (Å²) in [5.41, 5.74) is 1.90. The first-order valence-corrected chi connectivity index (χ1v) is 11.2. The van der Waals surface area contributed by atoms with Crippen LogP contribution in [0.2, 0.25) is 0 Å². The molecule has 6 nitrogen and oxygen atoms in total. The van der Waals surface area contributed by atoms with Crippen LogP contribution in [0.3, 0.4) is 0 Å². The number of carbonyl (C=O) groups is 1. The van der Waals surface area contributed by atoms with Gasteiger partial charge < -0.3 is 19.5 Å². The largest absolute Gasteiger partial charge is 0.493 e. The molecule has 1 fully saturated rings. The van der Waals surface area contributed by atoms with Gasteiger partial charge in [-0.25, -0.2) is 4.79 Å². The normalized spacial score (nSPS) is 20.1. The molecule has 0 bridgehead atoms. The highest BCUT2D eigenvalue weighted by Crippen LogP contribution is 2.23. The Balaban J connectivity index is 1.55. The number of hydrogen-bond donors (Lipinski definition) is 1. The van der Waals surface area contributed by atoms with Gasteiger partial charge in [-0.1, -0.05) is 36.4 Å². The molecule has 0 saturated carbocycles. The van der Waals surface area contributed by atoms with Crippen molar-refractivity contribution in [2.45, 2.75) is 58.3 Å². The zero-order chi connectivity index (χ0) is 22.3. The molecule has 1 saturated heterocycles. The minimum absolute atomic E-state index is 0.0458. The van der Waals surface area contributed by atoms with Gasteiger partial charge in [-0.2, -0.15) is 0 Å². The van der Waals surface area contributed by atoms with E-state index in [-0.39, 0.29) is 18.7 Å². The zero-order valence-corrected chi connectivity index (χ0v) is 19.0. The molecule has 1 heterocycles. The van der Waals surface area contributed by atoms with Gasteiger partial charge in [0, 0.05) is 45.2 Å². The summed E-state index contributed by atoms with van der Waals surface area (Å²) in [7, 11) is 0. The molecule has 1 aromatic carbocycles. The van der Waals surface area contributed by atoms with Gasteiger partial charge in [0.1, 0.15) is 12.2 Å². The van der Waals surface area contributed by atoms with Gasteiger partial charge in [-0.3, -0.25) is 4.90 Å². The molecule has 1 N–H and O–H groups in total. The van der Waals surface area contributed by atoms with Crippen molar-refractivity contribution in [1.82, 2.24) is 9.80 Å². The van der Waals surface area contributed by atoms with Crippen molar-refractivity contribution in [2.75, 3.05) is 32.8 Å². The average molecular weight is 429 g/mol. The summed E-state index contributed by atoms with van der Waals surface area (Å²) in [4.78, 5) is 16.7. The fraction of sp³-hybridized carbons (Fsp3) is 0.560. The molecule has 3 rings (SSSR count). The van der Waals surface area contributed by atoms with E-state index < -0.39 is 5.60 Å². The summed E-state index contributed by atoms with van der Waals surface area (Å²) in [5.74, 6) is 1.03. The smallest absolute Gasteiger partial charge is 0.410 e. The Hall–Kier alpha value is -2.31. The van der Waals surface area contributed by atoms with Gasteiger partial charge in [0.2, 0.25) is 0 Å². The number of carbonyl (C=O) groups excluding carboxylic acids is 1. The van der Waals surface area contributed by atoms with Gasteiger partial charge in [-0.05, 0) is 50.8 Å². The predicted molar refractivity (Wildman–Crippen MR) is 122 cm³/mol. The first-order valence-electron chi connectivity index (χ1n) is 11.2. The highest BCUT2D eigenvalue weighted by atomic mass is 16.6. The van der Waals surface area contributed by atoms with E-state index in [1.54, 1.807) is 4.90 Å². The number of nitrogens with zero attached hydrogens (tertiary/aromatic N) is 2. The number of amides is 1. The Morgan fingerprint density at radius 3 is 2.68 bits per heavy atom. The summed E-state index contributed by atoms with van der Waals surface area (Å²) >= 11 is 0. The summed E-state index contributed by atoms with van der Waals surface area (Å²) in [5, 5.41) is 9.51. The molecule has 31 heavy (non-hydrogen) atoms. The summed E-state index contributed by atoms with van der Waals surface area (Å²) in [6.07, 6.45) is 6.60. The lowest BCUT2D eigenvalue weighted by Crippen LogP contribution is -2.56. The lowest BCUT2D eigenvalue weighted by atomic mass is 10.0. The summed E-state index contributed by atoms with van der Waals surface area (Å²) in [6.45, 7) is 9.21. The lowest BCUT2D eigenvalue weighted by Gasteiger charge is -2.41. The molecule has 0 aromatic heterocycles. The molecule has 0 radical (unpaired) electrons. The van der Waals surface area contributed by atoms with Crippen LogP contribution in [0.5, 0.6) is 0 Å². The number of rotatable bonds is 7. The Labute approximate surface area is 186 Å². The van der Waals surface area contributed by atoms with Crippen molar-refractivity contribution in [2.24, 2.45) is 0 Å². The van der Waals surface area contributed by atoms with Crippen LogP contribution < -0.4 is 0 Å². The first kappa shape index (κ1) is 23.4. The quantitative estimate of drug-likeness (QED) is 0.708. The third kappa shape index (κ3) is 7.40. The van der Waals surface area contributed by atoms with E-state index in [1.807, 2.05) is 39.0 Å². The Morgan fingerprint density at radius 1 is 1.19 bits per heavy atom. The predicted octanol–water partition coefficient (Wildman–Crippen LogP) is 4.11. The van der Waals surface area contributed by atoms with Crippen LogP contribution in [0, 0.1) is 0 Å². The maximum absolute atomic E-state index is 12.6. The number of ether oxygens (including phenoxy) is 2. The molecule has 2 aliphatic rings. The number of piperazine rings is 1.